The lowest BCUT2D eigenvalue weighted by Crippen LogP contribution is -2.33. The van der Waals surface area contributed by atoms with Gasteiger partial charge >= 0.3 is 5.97 Å². The van der Waals surface area contributed by atoms with Crippen molar-refractivity contribution >= 4 is 21.9 Å². The predicted octanol–water partition coefficient (Wildman–Crippen LogP) is 3.47. The lowest BCUT2D eigenvalue weighted by molar-refractivity contribution is 0.0600. The number of esters is 1. The molecule has 0 saturated carbocycles. The number of carbonyl (C=O) groups excluding carboxylic acids is 1. The van der Waals surface area contributed by atoms with Crippen molar-refractivity contribution in [3.05, 3.63) is 33.8 Å². The van der Waals surface area contributed by atoms with E-state index in [1.165, 1.54) is 20.0 Å². The number of rotatable bonds is 3. The minimum absolute atomic E-state index is 0.283. The minimum Gasteiger partial charge on any atom is -0.465 e. The van der Waals surface area contributed by atoms with Crippen LogP contribution in [0.1, 0.15) is 35.7 Å². The zero-order chi connectivity index (χ0) is 13.8. The van der Waals surface area contributed by atoms with Crippen molar-refractivity contribution in [1.29, 1.82) is 0 Å². The first-order chi connectivity index (χ1) is 9.08. The molecule has 1 fully saturated rings. The summed E-state index contributed by atoms with van der Waals surface area (Å²) in [5.74, 6) is 0.482. The van der Waals surface area contributed by atoms with Crippen molar-refractivity contribution in [2.45, 2.75) is 26.3 Å². The molecule has 0 aromatic heterocycles. The number of hydrogen-bond donors (Lipinski definition) is 0. The molecule has 1 aromatic rings. The number of halogens is 1. The van der Waals surface area contributed by atoms with Gasteiger partial charge in [-0.2, -0.15) is 0 Å². The van der Waals surface area contributed by atoms with Gasteiger partial charge in [-0.05, 0) is 49.1 Å². The average Bonchev–Trinajstić information content (AvgIpc) is 2.37. The summed E-state index contributed by atoms with van der Waals surface area (Å²) in [5, 5.41) is 0. The molecule has 3 nitrogen and oxygen atoms in total. The number of nitrogens with zero attached hydrogens (tertiary/aromatic N) is 1. The SMILES string of the molecule is COC(=O)c1cc(Br)cc(CN2CCCC(C)C2)c1. The van der Waals surface area contributed by atoms with Gasteiger partial charge < -0.3 is 4.74 Å². The van der Waals surface area contributed by atoms with Crippen LogP contribution in [0, 0.1) is 5.92 Å². The predicted molar refractivity (Wildman–Crippen MR) is 79.2 cm³/mol. The van der Waals surface area contributed by atoms with Gasteiger partial charge in [0.15, 0.2) is 0 Å². The van der Waals surface area contributed by atoms with Gasteiger partial charge in [-0.3, -0.25) is 4.90 Å². The third-order valence-electron chi connectivity index (χ3n) is 3.53. The van der Waals surface area contributed by atoms with E-state index in [0.717, 1.165) is 35.6 Å². The van der Waals surface area contributed by atoms with E-state index < -0.39 is 0 Å². The van der Waals surface area contributed by atoms with E-state index in [1.807, 2.05) is 6.07 Å². The van der Waals surface area contributed by atoms with Crippen molar-refractivity contribution in [3.8, 4) is 0 Å². The summed E-state index contributed by atoms with van der Waals surface area (Å²) in [6, 6.07) is 5.80. The van der Waals surface area contributed by atoms with Crippen molar-refractivity contribution in [1.82, 2.24) is 4.90 Å². The number of piperidine rings is 1. The van der Waals surface area contributed by atoms with Gasteiger partial charge in [-0.15, -0.1) is 0 Å². The second-order valence-electron chi connectivity index (χ2n) is 5.32. The normalized spacial score (nSPS) is 20.3. The molecular formula is C15H20BrNO2. The molecule has 0 bridgehead atoms. The second kappa shape index (κ2) is 6.53. The highest BCUT2D eigenvalue weighted by atomic mass is 79.9. The van der Waals surface area contributed by atoms with E-state index in [4.69, 9.17) is 4.74 Å². The van der Waals surface area contributed by atoms with Gasteiger partial charge in [0.05, 0.1) is 12.7 Å². The lowest BCUT2D eigenvalue weighted by Gasteiger charge is -2.30. The molecule has 1 unspecified atom stereocenters. The Morgan fingerprint density at radius 1 is 1.47 bits per heavy atom. The maximum Gasteiger partial charge on any atom is 0.337 e. The number of benzene rings is 1. The van der Waals surface area contributed by atoms with Crippen LogP contribution in [0.3, 0.4) is 0 Å². The third kappa shape index (κ3) is 4.05. The Hall–Kier alpha value is -0.870. The van der Waals surface area contributed by atoms with Gasteiger partial charge in [0, 0.05) is 17.6 Å². The van der Waals surface area contributed by atoms with Crippen LogP contribution >= 0.6 is 15.9 Å². The van der Waals surface area contributed by atoms with Crippen LogP contribution in [0.2, 0.25) is 0 Å². The van der Waals surface area contributed by atoms with E-state index in [0.29, 0.717) is 5.56 Å². The lowest BCUT2D eigenvalue weighted by atomic mass is 9.99. The number of methoxy groups -OCH3 is 1. The van der Waals surface area contributed by atoms with Crippen LogP contribution in [0.5, 0.6) is 0 Å². The first-order valence-corrected chi connectivity index (χ1v) is 7.48. The zero-order valence-electron chi connectivity index (χ0n) is 11.5. The summed E-state index contributed by atoms with van der Waals surface area (Å²) in [6.45, 7) is 5.48. The van der Waals surface area contributed by atoms with Gasteiger partial charge in [-0.1, -0.05) is 22.9 Å². The Balaban J connectivity index is 2.11. The van der Waals surface area contributed by atoms with Crippen molar-refractivity contribution in [3.63, 3.8) is 0 Å². The summed E-state index contributed by atoms with van der Waals surface area (Å²) in [6.07, 6.45) is 2.58. The minimum atomic E-state index is -0.283. The molecule has 2 rings (SSSR count). The standard InChI is InChI=1S/C15H20BrNO2/c1-11-4-3-5-17(9-11)10-12-6-13(15(18)19-2)8-14(16)7-12/h6-8,11H,3-5,9-10H2,1-2H3. The Bertz CT molecular complexity index is 461. The van der Waals surface area contributed by atoms with Gasteiger partial charge in [-0.25, -0.2) is 4.79 Å². The summed E-state index contributed by atoms with van der Waals surface area (Å²) < 4.78 is 5.71. The fourth-order valence-corrected chi connectivity index (χ4v) is 3.21. The summed E-state index contributed by atoms with van der Waals surface area (Å²) in [5.41, 5.74) is 1.76. The van der Waals surface area contributed by atoms with E-state index in [-0.39, 0.29) is 5.97 Å². The first-order valence-electron chi connectivity index (χ1n) is 6.68. The quantitative estimate of drug-likeness (QED) is 0.797. The molecule has 0 aliphatic carbocycles. The van der Waals surface area contributed by atoms with Crippen molar-refractivity contribution in [2.24, 2.45) is 5.92 Å². The Morgan fingerprint density at radius 2 is 2.26 bits per heavy atom. The Kier molecular flexibility index (Phi) is 4.99. The largest absolute Gasteiger partial charge is 0.465 e. The molecule has 1 saturated heterocycles. The van der Waals surface area contributed by atoms with Crippen LogP contribution in [-0.2, 0) is 11.3 Å². The third-order valence-corrected chi connectivity index (χ3v) is 3.98. The topological polar surface area (TPSA) is 29.5 Å². The van der Waals surface area contributed by atoms with Crippen LogP contribution in [-0.4, -0.2) is 31.1 Å². The maximum absolute atomic E-state index is 11.6. The number of ether oxygens (including phenoxy) is 1. The van der Waals surface area contributed by atoms with Gasteiger partial charge in [0.25, 0.3) is 0 Å². The average molecular weight is 326 g/mol. The van der Waals surface area contributed by atoms with Crippen molar-refractivity contribution in [2.75, 3.05) is 20.2 Å². The van der Waals surface area contributed by atoms with Gasteiger partial charge in [0.1, 0.15) is 0 Å². The highest BCUT2D eigenvalue weighted by Gasteiger charge is 2.17. The maximum atomic E-state index is 11.6. The molecule has 1 heterocycles. The molecular weight excluding hydrogens is 306 g/mol. The van der Waals surface area contributed by atoms with Crippen LogP contribution in [0.4, 0.5) is 0 Å². The van der Waals surface area contributed by atoms with E-state index >= 15 is 0 Å². The summed E-state index contributed by atoms with van der Waals surface area (Å²) in [4.78, 5) is 14.1. The van der Waals surface area contributed by atoms with Gasteiger partial charge in [0.2, 0.25) is 0 Å². The van der Waals surface area contributed by atoms with E-state index in [2.05, 4.69) is 33.8 Å². The van der Waals surface area contributed by atoms with E-state index in [9.17, 15) is 4.79 Å². The molecule has 0 N–H and O–H groups in total. The Labute approximate surface area is 123 Å². The smallest absolute Gasteiger partial charge is 0.337 e. The number of hydrogen-bond acceptors (Lipinski definition) is 3. The molecule has 1 aliphatic heterocycles. The molecule has 104 valence electrons. The summed E-state index contributed by atoms with van der Waals surface area (Å²) in [7, 11) is 1.41. The summed E-state index contributed by atoms with van der Waals surface area (Å²) >= 11 is 3.46. The molecule has 19 heavy (non-hydrogen) atoms. The van der Waals surface area contributed by atoms with Crippen molar-refractivity contribution < 1.29 is 9.53 Å². The van der Waals surface area contributed by atoms with Crippen LogP contribution < -0.4 is 0 Å². The fourth-order valence-electron chi connectivity index (χ4n) is 2.67. The molecule has 0 radical (unpaired) electrons. The highest BCUT2D eigenvalue weighted by molar-refractivity contribution is 9.10. The second-order valence-corrected chi connectivity index (χ2v) is 6.24. The van der Waals surface area contributed by atoms with Crippen LogP contribution in [0.15, 0.2) is 22.7 Å². The highest BCUT2D eigenvalue weighted by Crippen LogP contribution is 2.21. The molecule has 0 amide bonds. The molecule has 1 atom stereocenters. The van der Waals surface area contributed by atoms with E-state index in [1.54, 1.807) is 6.07 Å². The molecule has 0 spiro atoms. The number of carbonyl (C=O) groups is 1. The first kappa shape index (κ1) is 14.5. The fraction of sp³-hybridized carbons (Fsp3) is 0.533. The van der Waals surface area contributed by atoms with Crippen LogP contribution in [0.25, 0.3) is 0 Å². The zero-order valence-corrected chi connectivity index (χ0v) is 13.1. The Morgan fingerprint density at radius 3 is 2.95 bits per heavy atom. The monoisotopic (exact) mass is 325 g/mol. The molecule has 1 aliphatic rings. The number of likely N-dealkylation sites (tertiary alicyclic amines) is 1. The molecule has 4 heteroatoms. The molecule has 1 aromatic carbocycles.